The highest BCUT2D eigenvalue weighted by molar-refractivity contribution is 5.93. The Kier molecular flexibility index (Phi) is 5.16. The van der Waals surface area contributed by atoms with Gasteiger partial charge in [0.15, 0.2) is 0 Å². The van der Waals surface area contributed by atoms with Crippen molar-refractivity contribution in [2.75, 3.05) is 5.32 Å². The van der Waals surface area contributed by atoms with Crippen molar-refractivity contribution in [3.8, 4) is 0 Å². The van der Waals surface area contributed by atoms with Crippen LogP contribution in [0, 0.1) is 30.9 Å². The molecule has 2 N–H and O–H groups in total. The van der Waals surface area contributed by atoms with Crippen LogP contribution in [0.5, 0.6) is 0 Å². The number of carbonyl (C=O) groups excluding carboxylic acids is 1. The van der Waals surface area contributed by atoms with Gasteiger partial charge in [-0.1, -0.05) is 0 Å². The van der Waals surface area contributed by atoms with Gasteiger partial charge < -0.3 is 10.4 Å². The molecule has 0 fully saturated rings. The minimum Gasteiger partial charge on any atom is -0.478 e. The molecule has 25 heavy (non-hydrogen) atoms. The van der Waals surface area contributed by atoms with Gasteiger partial charge in [-0.3, -0.25) is 19.6 Å². The minimum absolute atomic E-state index is 0.0414. The smallest absolute Gasteiger partial charge is 0.335 e. The number of benzene rings is 1. The highest BCUT2D eigenvalue weighted by Gasteiger charge is 2.21. The Morgan fingerprint density at radius 3 is 2.52 bits per heavy atom. The Hall–Kier alpha value is -3.23. The molecule has 132 valence electrons. The van der Waals surface area contributed by atoms with Crippen LogP contribution in [0.4, 0.5) is 11.4 Å². The third kappa shape index (κ3) is 4.00. The van der Waals surface area contributed by atoms with Crippen LogP contribution < -0.4 is 5.32 Å². The van der Waals surface area contributed by atoms with Gasteiger partial charge in [0.1, 0.15) is 11.4 Å². The molecule has 0 unspecified atom stereocenters. The van der Waals surface area contributed by atoms with Gasteiger partial charge in [0.25, 0.3) is 0 Å². The number of hydrogen-bond acceptors (Lipinski definition) is 5. The minimum atomic E-state index is -1.03. The Morgan fingerprint density at radius 2 is 2.00 bits per heavy atom. The van der Waals surface area contributed by atoms with Gasteiger partial charge in [0.2, 0.25) is 5.91 Å². The number of aromatic carboxylic acids is 1. The second-order valence-electron chi connectivity index (χ2n) is 5.63. The van der Waals surface area contributed by atoms with Crippen molar-refractivity contribution in [3.05, 3.63) is 50.8 Å². The zero-order chi connectivity index (χ0) is 18.7. The summed E-state index contributed by atoms with van der Waals surface area (Å²) in [5, 5.41) is 26.7. The number of aryl methyl sites for hydroxylation is 3. The third-order valence-corrected chi connectivity index (χ3v) is 3.82. The highest BCUT2D eigenvalue weighted by atomic mass is 16.6. The van der Waals surface area contributed by atoms with Gasteiger partial charge in [-0.2, -0.15) is 5.10 Å². The van der Waals surface area contributed by atoms with Gasteiger partial charge in [-0.05, 0) is 44.5 Å². The summed E-state index contributed by atoms with van der Waals surface area (Å²) in [7, 11) is 0. The molecule has 1 heterocycles. The van der Waals surface area contributed by atoms with Crippen LogP contribution in [-0.4, -0.2) is 31.7 Å². The van der Waals surface area contributed by atoms with Crippen molar-refractivity contribution in [1.82, 2.24) is 9.78 Å². The number of hydrogen-bond donors (Lipinski definition) is 2. The number of aromatic nitrogens is 2. The Balaban J connectivity index is 2.02. The van der Waals surface area contributed by atoms with E-state index in [0.717, 1.165) is 0 Å². The molecule has 9 heteroatoms. The van der Waals surface area contributed by atoms with Gasteiger partial charge in [-0.15, -0.1) is 0 Å². The summed E-state index contributed by atoms with van der Waals surface area (Å²) < 4.78 is 1.44. The summed E-state index contributed by atoms with van der Waals surface area (Å²) >= 11 is 0. The fraction of sp³-hybridized carbons (Fsp3) is 0.312. The van der Waals surface area contributed by atoms with Crippen molar-refractivity contribution in [3.63, 3.8) is 0 Å². The molecule has 0 saturated carbocycles. The van der Waals surface area contributed by atoms with Crippen LogP contribution in [0.1, 0.15) is 33.7 Å². The number of nitrogens with zero attached hydrogens (tertiary/aromatic N) is 3. The van der Waals surface area contributed by atoms with E-state index in [2.05, 4.69) is 10.4 Å². The number of amides is 1. The van der Waals surface area contributed by atoms with E-state index < -0.39 is 10.9 Å². The molecule has 9 nitrogen and oxygen atoms in total. The first-order valence-electron chi connectivity index (χ1n) is 7.53. The highest BCUT2D eigenvalue weighted by Crippen LogP contribution is 2.22. The normalized spacial score (nSPS) is 10.5. The molecule has 2 rings (SSSR count). The quantitative estimate of drug-likeness (QED) is 0.611. The van der Waals surface area contributed by atoms with Gasteiger partial charge in [0.05, 0.1) is 17.0 Å². The molecular formula is C16H18N4O5. The molecule has 0 atom stereocenters. The van der Waals surface area contributed by atoms with E-state index >= 15 is 0 Å². The van der Waals surface area contributed by atoms with Crippen LogP contribution in [0.25, 0.3) is 0 Å². The van der Waals surface area contributed by atoms with Crippen molar-refractivity contribution in [2.24, 2.45) is 0 Å². The van der Waals surface area contributed by atoms with Gasteiger partial charge >= 0.3 is 11.7 Å². The first kappa shape index (κ1) is 18.1. The lowest BCUT2D eigenvalue weighted by Gasteiger charge is -2.08. The summed E-state index contributed by atoms with van der Waals surface area (Å²) in [6.07, 6.45) is 0.0822. The van der Waals surface area contributed by atoms with Crippen molar-refractivity contribution in [2.45, 2.75) is 33.7 Å². The first-order chi connectivity index (χ1) is 11.7. The topological polar surface area (TPSA) is 127 Å². The molecule has 2 aromatic rings. The molecule has 0 spiro atoms. The summed E-state index contributed by atoms with van der Waals surface area (Å²) in [5.74, 6) is -1.32. The maximum absolute atomic E-state index is 12.1. The van der Waals surface area contributed by atoms with E-state index in [9.17, 15) is 19.7 Å². The predicted molar refractivity (Wildman–Crippen MR) is 89.7 cm³/mol. The van der Waals surface area contributed by atoms with Crippen LogP contribution in [-0.2, 0) is 11.3 Å². The zero-order valence-electron chi connectivity index (χ0n) is 14.1. The molecule has 0 bridgehead atoms. The van der Waals surface area contributed by atoms with Crippen LogP contribution in [0.2, 0.25) is 0 Å². The number of rotatable bonds is 6. The predicted octanol–water partition coefficient (Wildman–Crippen LogP) is 2.44. The van der Waals surface area contributed by atoms with Gasteiger partial charge in [0, 0.05) is 12.1 Å². The lowest BCUT2D eigenvalue weighted by atomic mass is 10.1. The van der Waals surface area contributed by atoms with E-state index in [-0.39, 0.29) is 30.1 Å². The fourth-order valence-corrected chi connectivity index (χ4v) is 2.58. The lowest BCUT2D eigenvalue weighted by molar-refractivity contribution is -0.386. The average molecular weight is 346 g/mol. The van der Waals surface area contributed by atoms with Crippen molar-refractivity contribution in [1.29, 1.82) is 0 Å². The SMILES string of the molecule is Cc1cc(NC(=O)CCn2nc(C)c([N+](=O)[O-])c2C)ccc1C(=O)O. The summed E-state index contributed by atoms with van der Waals surface area (Å²) in [6.45, 7) is 4.99. The van der Waals surface area contributed by atoms with E-state index in [4.69, 9.17) is 5.11 Å². The number of nitro groups is 1. The van der Waals surface area contributed by atoms with E-state index in [1.165, 1.54) is 16.8 Å². The Morgan fingerprint density at radius 1 is 1.32 bits per heavy atom. The Labute approximate surface area is 143 Å². The molecular weight excluding hydrogens is 328 g/mol. The molecule has 0 aliphatic rings. The standard InChI is InChI=1S/C16H18N4O5/c1-9-8-12(4-5-13(9)16(22)23)17-14(21)6-7-19-11(3)15(20(24)25)10(2)18-19/h4-5,8H,6-7H2,1-3H3,(H,17,21)(H,22,23). The number of carboxylic acids is 1. The van der Waals surface area contributed by atoms with Crippen LogP contribution in [0.15, 0.2) is 18.2 Å². The summed E-state index contributed by atoms with van der Waals surface area (Å²) in [4.78, 5) is 33.5. The largest absolute Gasteiger partial charge is 0.478 e. The molecule has 1 amide bonds. The van der Waals surface area contributed by atoms with Crippen molar-refractivity contribution >= 4 is 23.3 Å². The molecule has 0 saturated heterocycles. The molecule has 0 aliphatic heterocycles. The summed E-state index contributed by atoms with van der Waals surface area (Å²) in [6, 6.07) is 4.52. The third-order valence-electron chi connectivity index (χ3n) is 3.82. The molecule has 0 radical (unpaired) electrons. The molecule has 1 aromatic carbocycles. The zero-order valence-corrected chi connectivity index (χ0v) is 14.1. The average Bonchev–Trinajstić information content (AvgIpc) is 2.79. The number of nitrogens with one attached hydrogen (secondary N) is 1. The summed E-state index contributed by atoms with van der Waals surface area (Å²) in [5.41, 5.74) is 1.87. The second kappa shape index (κ2) is 7.12. The number of anilines is 1. The Bertz CT molecular complexity index is 856. The van der Waals surface area contributed by atoms with Gasteiger partial charge in [-0.25, -0.2) is 4.79 Å². The maximum atomic E-state index is 12.1. The van der Waals surface area contributed by atoms with E-state index in [1.54, 1.807) is 26.8 Å². The van der Waals surface area contributed by atoms with E-state index in [0.29, 0.717) is 22.6 Å². The molecule has 1 aromatic heterocycles. The molecule has 0 aliphatic carbocycles. The van der Waals surface area contributed by atoms with Crippen LogP contribution >= 0.6 is 0 Å². The number of carboxylic acid groups (broad SMARTS) is 1. The monoisotopic (exact) mass is 346 g/mol. The fourth-order valence-electron chi connectivity index (χ4n) is 2.58. The lowest BCUT2D eigenvalue weighted by Crippen LogP contribution is -2.16. The second-order valence-corrected chi connectivity index (χ2v) is 5.63. The van der Waals surface area contributed by atoms with E-state index in [1.807, 2.05) is 0 Å². The first-order valence-corrected chi connectivity index (χ1v) is 7.53. The van der Waals surface area contributed by atoms with Crippen molar-refractivity contribution < 1.29 is 19.6 Å². The number of carbonyl (C=O) groups is 2. The maximum Gasteiger partial charge on any atom is 0.335 e. The van der Waals surface area contributed by atoms with Crippen LogP contribution in [0.3, 0.4) is 0 Å².